The Hall–Kier alpha value is -2.07. The SMILES string of the molecule is Cc1cccc(NCc2c(F)cccc2Cl)c1C(=O)N1CCCC1. The number of rotatable bonds is 4. The van der Waals surface area contributed by atoms with Gasteiger partial charge in [0.15, 0.2) is 0 Å². The van der Waals surface area contributed by atoms with Gasteiger partial charge in [-0.1, -0.05) is 29.8 Å². The standard InChI is InChI=1S/C19H20ClFN2O/c1-13-6-4-9-17(18(13)19(24)23-10-2-3-11-23)22-12-14-15(20)7-5-8-16(14)21/h4-9,22H,2-3,10-12H2,1H3. The molecule has 0 atom stereocenters. The molecule has 0 saturated carbocycles. The highest BCUT2D eigenvalue weighted by Crippen LogP contribution is 2.26. The first kappa shape index (κ1) is 16.8. The molecular formula is C19H20ClFN2O. The molecule has 0 spiro atoms. The Morgan fingerprint density at radius 2 is 1.92 bits per heavy atom. The molecule has 3 nitrogen and oxygen atoms in total. The van der Waals surface area contributed by atoms with Gasteiger partial charge in [-0.25, -0.2) is 4.39 Å². The average Bonchev–Trinajstić information content (AvgIpc) is 3.08. The summed E-state index contributed by atoms with van der Waals surface area (Å²) in [5.74, 6) is -0.317. The van der Waals surface area contributed by atoms with Gasteiger partial charge < -0.3 is 10.2 Å². The molecule has 1 aliphatic rings. The van der Waals surface area contributed by atoms with Gasteiger partial charge in [0.25, 0.3) is 5.91 Å². The van der Waals surface area contributed by atoms with Crippen LogP contribution < -0.4 is 5.32 Å². The summed E-state index contributed by atoms with van der Waals surface area (Å²) in [6.45, 7) is 3.75. The van der Waals surface area contributed by atoms with Crippen molar-refractivity contribution in [2.75, 3.05) is 18.4 Å². The van der Waals surface area contributed by atoms with Crippen molar-refractivity contribution in [3.63, 3.8) is 0 Å². The van der Waals surface area contributed by atoms with Crippen LogP contribution in [0, 0.1) is 12.7 Å². The van der Waals surface area contributed by atoms with E-state index in [0.29, 0.717) is 21.8 Å². The van der Waals surface area contributed by atoms with Gasteiger partial charge >= 0.3 is 0 Å². The average molecular weight is 347 g/mol. The van der Waals surface area contributed by atoms with Crippen LogP contribution in [0.1, 0.15) is 34.3 Å². The van der Waals surface area contributed by atoms with Crippen LogP contribution in [0.3, 0.4) is 0 Å². The normalized spacial score (nSPS) is 14.0. The number of likely N-dealkylation sites (tertiary alicyclic amines) is 1. The first-order chi connectivity index (χ1) is 11.6. The van der Waals surface area contributed by atoms with Crippen molar-refractivity contribution in [3.8, 4) is 0 Å². The van der Waals surface area contributed by atoms with E-state index in [1.807, 2.05) is 30.0 Å². The predicted molar refractivity (Wildman–Crippen MR) is 95.1 cm³/mol. The van der Waals surface area contributed by atoms with E-state index in [1.54, 1.807) is 12.1 Å². The molecule has 0 aromatic heterocycles. The van der Waals surface area contributed by atoms with Crippen LogP contribution in [-0.4, -0.2) is 23.9 Å². The number of hydrogen-bond donors (Lipinski definition) is 1. The van der Waals surface area contributed by atoms with Gasteiger partial charge in [0.2, 0.25) is 0 Å². The van der Waals surface area contributed by atoms with Crippen molar-refractivity contribution in [1.82, 2.24) is 4.90 Å². The predicted octanol–water partition coefficient (Wildman–Crippen LogP) is 4.64. The Labute approximate surface area is 146 Å². The Morgan fingerprint density at radius 3 is 2.62 bits per heavy atom. The molecule has 24 heavy (non-hydrogen) atoms. The molecule has 0 unspecified atom stereocenters. The number of nitrogens with zero attached hydrogens (tertiary/aromatic N) is 1. The molecule has 1 fully saturated rings. The number of carbonyl (C=O) groups is 1. The first-order valence-corrected chi connectivity index (χ1v) is 8.51. The van der Waals surface area contributed by atoms with Gasteiger partial charge in [-0.3, -0.25) is 4.79 Å². The Morgan fingerprint density at radius 1 is 1.21 bits per heavy atom. The quantitative estimate of drug-likeness (QED) is 0.875. The highest BCUT2D eigenvalue weighted by Gasteiger charge is 2.23. The van der Waals surface area contributed by atoms with Crippen LogP contribution in [0.5, 0.6) is 0 Å². The molecule has 1 aliphatic heterocycles. The zero-order chi connectivity index (χ0) is 17.1. The maximum Gasteiger partial charge on any atom is 0.256 e. The van der Waals surface area contributed by atoms with Crippen molar-refractivity contribution in [1.29, 1.82) is 0 Å². The van der Waals surface area contributed by atoms with E-state index in [9.17, 15) is 9.18 Å². The molecule has 0 bridgehead atoms. The number of carbonyl (C=O) groups excluding carboxylic acids is 1. The molecule has 5 heteroatoms. The van der Waals surface area contributed by atoms with Gasteiger partial charge in [-0.2, -0.15) is 0 Å². The molecular weight excluding hydrogens is 327 g/mol. The van der Waals surface area contributed by atoms with E-state index in [4.69, 9.17) is 11.6 Å². The van der Waals surface area contributed by atoms with Gasteiger partial charge in [-0.15, -0.1) is 0 Å². The van der Waals surface area contributed by atoms with Gasteiger partial charge in [0, 0.05) is 35.9 Å². The van der Waals surface area contributed by atoms with Gasteiger partial charge in [0.05, 0.1) is 5.56 Å². The van der Waals surface area contributed by atoms with E-state index in [2.05, 4.69) is 5.32 Å². The number of halogens is 2. The van der Waals surface area contributed by atoms with Crippen LogP contribution in [-0.2, 0) is 6.54 Å². The van der Waals surface area contributed by atoms with Crippen molar-refractivity contribution in [2.24, 2.45) is 0 Å². The van der Waals surface area contributed by atoms with E-state index >= 15 is 0 Å². The number of anilines is 1. The number of benzene rings is 2. The van der Waals surface area contributed by atoms with Crippen LogP contribution in [0.2, 0.25) is 5.02 Å². The molecule has 1 saturated heterocycles. The topological polar surface area (TPSA) is 32.3 Å². The molecule has 126 valence electrons. The number of nitrogens with one attached hydrogen (secondary N) is 1. The van der Waals surface area contributed by atoms with E-state index in [1.165, 1.54) is 6.07 Å². The third kappa shape index (κ3) is 3.39. The summed E-state index contributed by atoms with van der Waals surface area (Å²) in [6.07, 6.45) is 2.09. The van der Waals surface area contributed by atoms with Crippen molar-refractivity contribution in [2.45, 2.75) is 26.3 Å². The number of hydrogen-bond acceptors (Lipinski definition) is 2. The minimum Gasteiger partial charge on any atom is -0.380 e. The van der Waals surface area contributed by atoms with Gasteiger partial charge in [-0.05, 0) is 43.5 Å². The fourth-order valence-corrected chi connectivity index (χ4v) is 3.29. The fraction of sp³-hybridized carbons (Fsp3) is 0.316. The van der Waals surface area contributed by atoms with Crippen LogP contribution in [0.15, 0.2) is 36.4 Å². The molecule has 0 aliphatic carbocycles. The molecule has 2 aromatic rings. The molecule has 1 N–H and O–H groups in total. The Kier molecular flexibility index (Phi) is 5.05. The summed E-state index contributed by atoms with van der Waals surface area (Å²) in [5, 5.41) is 3.56. The second-order valence-electron chi connectivity index (χ2n) is 6.05. The van der Waals surface area contributed by atoms with Crippen molar-refractivity contribution >= 4 is 23.2 Å². The minimum absolute atomic E-state index is 0.0349. The van der Waals surface area contributed by atoms with Crippen LogP contribution in [0.25, 0.3) is 0 Å². The van der Waals surface area contributed by atoms with E-state index in [-0.39, 0.29) is 18.3 Å². The Balaban J connectivity index is 1.86. The lowest BCUT2D eigenvalue weighted by Gasteiger charge is -2.20. The monoisotopic (exact) mass is 346 g/mol. The first-order valence-electron chi connectivity index (χ1n) is 8.13. The molecule has 0 radical (unpaired) electrons. The lowest BCUT2D eigenvalue weighted by molar-refractivity contribution is 0.0793. The largest absolute Gasteiger partial charge is 0.380 e. The third-order valence-electron chi connectivity index (χ3n) is 4.40. The lowest BCUT2D eigenvalue weighted by atomic mass is 10.0. The second-order valence-corrected chi connectivity index (χ2v) is 6.46. The third-order valence-corrected chi connectivity index (χ3v) is 4.75. The molecule has 1 heterocycles. The van der Waals surface area contributed by atoms with Crippen molar-refractivity contribution in [3.05, 3.63) is 63.9 Å². The van der Waals surface area contributed by atoms with Gasteiger partial charge in [0.1, 0.15) is 5.82 Å². The van der Waals surface area contributed by atoms with E-state index in [0.717, 1.165) is 31.5 Å². The van der Waals surface area contributed by atoms with Crippen LogP contribution in [0.4, 0.5) is 10.1 Å². The summed E-state index contributed by atoms with van der Waals surface area (Å²) in [6, 6.07) is 10.3. The summed E-state index contributed by atoms with van der Waals surface area (Å²) in [4.78, 5) is 14.7. The number of amides is 1. The summed E-state index contributed by atoms with van der Waals surface area (Å²) < 4.78 is 13.9. The molecule has 1 amide bonds. The summed E-state index contributed by atoms with van der Waals surface area (Å²) in [7, 11) is 0. The molecule has 2 aromatic carbocycles. The Bertz CT molecular complexity index is 737. The van der Waals surface area contributed by atoms with E-state index < -0.39 is 0 Å². The zero-order valence-corrected chi connectivity index (χ0v) is 14.4. The smallest absolute Gasteiger partial charge is 0.256 e. The summed E-state index contributed by atoms with van der Waals surface area (Å²) in [5.41, 5.74) is 2.69. The molecule has 3 rings (SSSR count). The second kappa shape index (κ2) is 7.22. The highest BCUT2D eigenvalue weighted by atomic mass is 35.5. The maximum absolute atomic E-state index is 13.9. The lowest BCUT2D eigenvalue weighted by Crippen LogP contribution is -2.29. The number of aryl methyl sites for hydroxylation is 1. The van der Waals surface area contributed by atoms with Crippen LogP contribution >= 0.6 is 11.6 Å². The zero-order valence-electron chi connectivity index (χ0n) is 13.6. The van der Waals surface area contributed by atoms with Crippen molar-refractivity contribution < 1.29 is 9.18 Å². The maximum atomic E-state index is 13.9. The summed E-state index contributed by atoms with van der Waals surface area (Å²) >= 11 is 6.08. The minimum atomic E-state index is -0.352. The highest BCUT2D eigenvalue weighted by molar-refractivity contribution is 6.31. The fourth-order valence-electron chi connectivity index (χ4n) is 3.06.